The van der Waals surface area contributed by atoms with Crippen LogP contribution in [0.1, 0.15) is 226 Å². The van der Waals surface area contributed by atoms with E-state index in [0.29, 0.717) is 17.4 Å². The zero-order chi connectivity index (χ0) is 53.5. The van der Waals surface area contributed by atoms with Gasteiger partial charge in [-0.1, -0.05) is 238 Å². The highest BCUT2D eigenvalue weighted by Crippen LogP contribution is 2.43. The standard InChI is InChI=1S/C64H111N2O6P/c1-6-8-10-12-14-16-18-20-22-24-25-26-27-28-29-30-31-32-33-34-35-36-37-38-39-40-41-42-44-46-48-50-52-54-56-58-64(68)65-62(61-72-73(69,70)71-60-59-66(3,4)5)63(67)57-55-53-51-49-47-45-43-23-21-19-17-15-13-11-9-7-2/h8,10,14,16,20-23,25-26,28-29,31-32,34-35,47,49,55,57,62-63,67H,6-7,9,11-13,15,17-19,24,27,30,33,36-46,48,50-54,56,58-61H2,1-5H3,(H-,65,68,69,70)/p+1/b10-8-,16-14-,22-20-,23-21+,26-25-,29-28-,32-31-,35-34-,49-47+,57-55+. The van der Waals surface area contributed by atoms with Crippen LogP contribution >= 0.6 is 7.82 Å². The largest absolute Gasteiger partial charge is 0.472 e. The number of amides is 1. The molecule has 0 saturated carbocycles. The van der Waals surface area contributed by atoms with Crippen molar-refractivity contribution in [2.24, 2.45) is 0 Å². The minimum absolute atomic E-state index is 0.0482. The molecule has 0 rings (SSSR count). The third-order valence-corrected chi connectivity index (χ3v) is 13.4. The Labute approximate surface area is 450 Å². The molecule has 0 aliphatic rings. The molecule has 0 aromatic heterocycles. The summed E-state index contributed by atoms with van der Waals surface area (Å²) in [4.78, 5) is 23.3. The zero-order valence-electron chi connectivity index (χ0n) is 47.6. The highest BCUT2D eigenvalue weighted by Gasteiger charge is 2.27. The lowest BCUT2D eigenvalue weighted by Crippen LogP contribution is -2.45. The molecule has 0 aliphatic heterocycles. The fourth-order valence-corrected chi connectivity index (χ4v) is 8.55. The van der Waals surface area contributed by atoms with Gasteiger partial charge in [-0.3, -0.25) is 13.8 Å². The predicted octanol–water partition coefficient (Wildman–Crippen LogP) is 18.1. The number of nitrogens with zero attached hydrogens (tertiary/aromatic N) is 1. The molecule has 3 unspecified atom stereocenters. The van der Waals surface area contributed by atoms with Crippen molar-refractivity contribution in [2.75, 3.05) is 40.9 Å². The number of unbranched alkanes of at least 4 members (excludes halogenated alkanes) is 21. The number of hydrogen-bond acceptors (Lipinski definition) is 5. The maximum Gasteiger partial charge on any atom is 0.472 e. The molecule has 9 heteroatoms. The average molecular weight is 1040 g/mol. The summed E-state index contributed by atoms with van der Waals surface area (Å²) in [5, 5.41) is 13.9. The number of phosphoric ester groups is 1. The molecule has 0 heterocycles. The number of rotatable bonds is 52. The fraction of sp³-hybridized carbons (Fsp3) is 0.672. The van der Waals surface area contributed by atoms with Crippen LogP contribution in [-0.2, 0) is 18.4 Å². The third-order valence-electron chi connectivity index (χ3n) is 12.4. The van der Waals surface area contributed by atoms with Crippen LogP contribution in [0.2, 0.25) is 0 Å². The molecule has 8 nitrogen and oxygen atoms in total. The van der Waals surface area contributed by atoms with Gasteiger partial charge in [0, 0.05) is 6.42 Å². The Morgan fingerprint density at radius 1 is 0.479 bits per heavy atom. The molecule has 73 heavy (non-hydrogen) atoms. The van der Waals surface area contributed by atoms with Gasteiger partial charge in [0.2, 0.25) is 5.91 Å². The first-order valence-corrected chi connectivity index (χ1v) is 30.9. The lowest BCUT2D eigenvalue weighted by atomic mass is 10.0. The van der Waals surface area contributed by atoms with E-state index in [4.69, 9.17) is 9.05 Å². The first-order chi connectivity index (χ1) is 35.5. The van der Waals surface area contributed by atoms with Crippen LogP contribution in [0.25, 0.3) is 0 Å². The number of aliphatic hydroxyl groups is 1. The van der Waals surface area contributed by atoms with Crippen molar-refractivity contribution in [2.45, 2.75) is 238 Å². The third kappa shape index (κ3) is 56.5. The molecule has 0 aromatic carbocycles. The van der Waals surface area contributed by atoms with Gasteiger partial charge >= 0.3 is 7.82 Å². The van der Waals surface area contributed by atoms with Crippen molar-refractivity contribution in [3.8, 4) is 0 Å². The number of phosphoric acid groups is 1. The van der Waals surface area contributed by atoms with Crippen LogP contribution in [0.4, 0.5) is 0 Å². The van der Waals surface area contributed by atoms with E-state index in [1.54, 1.807) is 6.08 Å². The van der Waals surface area contributed by atoms with Gasteiger partial charge < -0.3 is 19.8 Å². The lowest BCUT2D eigenvalue weighted by Gasteiger charge is -2.25. The van der Waals surface area contributed by atoms with E-state index in [9.17, 15) is 19.4 Å². The van der Waals surface area contributed by atoms with Crippen molar-refractivity contribution in [1.29, 1.82) is 0 Å². The van der Waals surface area contributed by atoms with Crippen molar-refractivity contribution >= 4 is 13.7 Å². The summed E-state index contributed by atoms with van der Waals surface area (Å²) in [6.45, 7) is 4.65. The normalized spacial score (nSPS) is 14.8. The van der Waals surface area contributed by atoms with E-state index in [0.717, 1.165) is 89.9 Å². The predicted molar refractivity (Wildman–Crippen MR) is 318 cm³/mol. The summed E-state index contributed by atoms with van der Waals surface area (Å²) < 4.78 is 23.7. The Morgan fingerprint density at radius 3 is 1.26 bits per heavy atom. The first-order valence-electron chi connectivity index (χ1n) is 29.4. The summed E-state index contributed by atoms with van der Waals surface area (Å²) in [7, 11) is 1.53. The van der Waals surface area contributed by atoms with Crippen LogP contribution in [0, 0.1) is 0 Å². The summed E-state index contributed by atoms with van der Waals surface area (Å²) in [5.74, 6) is -0.197. The fourth-order valence-electron chi connectivity index (χ4n) is 7.82. The molecule has 0 bridgehead atoms. The molecule has 0 aromatic rings. The number of likely N-dealkylation sites (N-methyl/N-ethyl adjacent to an activating group) is 1. The Balaban J connectivity index is 4.16. The summed E-state index contributed by atoms with van der Waals surface area (Å²) >= 11 is 0. The van der Waals surface area contributed by atoms with Gasteiger partial charge in [0.15, 0.2) is 0 Å². The molecular weight excluding hydrogens is 924 g/mol. The van der Waals surface area contributed by atoms with E-state index >= 15 is 0 Å². The lowest BCUT2D eigenvalue weighted by molar-refractivity contribution is -0.870. The topological polar surface area (TPSA) is 105 Å². The van der Waals surface area contributed by atoms with E-state index in [1.807, 2.05) is 27.2 Å². The van der Waals surface area contributed by atoms with Crippen LogP contribution in [0.5, 0.6) is 0 Å². The Morgan fingerprint density at radius 2 is 0.836 bits per heavy atom. The van der Waals surface area contributed by atoms with E-state index < -0.39 is 20.0 Å². The van der Waals surface area contributed by atoms with Crippen molar-refractivity contribution in [1.82, 2.24) is 5.32 Å². The molecule has 3 N–H and O–H groups in total. The minimum atomic E-state index is -4.36. The number of carbonyl (C=O) groups is 1. The smallest absolute Gasteiger partial charge is 0.387 e. The van der Waals surface area contributed by atoms with Gasteiger partial charge in [-0.05, 0) is 103 Å². The van der Waals surface area contributed by atoms with Crippen LogP contribution in [0.3, 0.4) is 0 Å². The van der Waals surface area contributed by atoms with Gasteiger partial charge in [0.05, 0.1) is 39.9 Å². The van der Waals surface area contributed by atoms with Crippen LogP contribution < -0.4 is 5.32 Å². The second-order valence-corrected chi connectivity index (χ2v) is 22.1. The van der Waals surface area contributed by atoms with E-state index in [2.05, 4.69) is 129 Å². The van der Waals surface area contributed by atoms with Gasteiger partial charge in [-0.25, -0.2) is 4.57 Å². The zero-order valence-corrected chi connectivity index (χ0v) is 48.5. The highest BCUT2D eigenvalue weighted by atomic mass is 31.2. The number of quaternary nitrogens is 1. The number of carbonyl (C=O) groups excluding carboxylic acids is 1. The molecular formula is C64H112N2O6P+. The molecule has 1 amide bonds. The van der Waals surface area contributed by atoms with Crippen LogP contribution in [0.15, 0.2) is 122 Å². The van der Waals surface area contributed by atoms with Gasteiger partial charge in [0.25, 0.3) is 0 Å². The highest BCUT2D eigenvalue weighted by molar-refractivity contribution is 7.47. The van der Waals surface area contributed by atoms with Crippen LogP contribution in [-0.4, -0.2) is 73.4 Å². The molecule has 0 fully saturated rings. The maximum absolute atomic E-state index is 13.0. The number of aliphatic hydroxyl groups excluding tert-OH is 1. The molecule has 3 atom stereocenters. The SMILES string of the molecule is CC/C=C\C/C=C\C/C=C\C/C=C\C/C=C\C/C=C\C/C=C\CCCCCCCCCCCCCCCC(=O)NC(COP(=O)(O)OCC[N+](C)(C)C)C(O)/C=C/CC/C=C/CC/C=C/CCCCCCCC. The molecule has 0 saturated heterocycles. The van der Waals surface area contributed by atoms with E-state index in [1.165, 1.54) is 116 Å². The monoisotopic (exact) mass is 1040 g/mol. The minimum Gasteiger partial charge on any atom is -0.387 e. The summed E-state index contributed by atoms with van der Waals surface area (Å²) in [5.41, 5.74) is 0. The van der Waals surface area contributed by atoms with Crippen molar-refractivity contribution in [3.63, 3.8) is 0 Å². The average Bonchev–Trinajstić information content (AvgIpc) is 3.35. The summed E-state index contributed by atoms with van der Waals surface area (Å²) in [6, 6.07) is -0.878. The number of allylic oxidation sites excluding steroid dienone is 19. The molecule has 418 valence electrons. The van der Waals surface area contributed by atoms with Gasteiger partial charge in [0.1, 0.15) is 13.2 Å². The summed E-state index contributed by atoms with van der Waals surface area (Å²) in [6.07, 6.45) is 80.2. The van der Waals surface area contributed by atoms with Gasteiger partial charge in [-0.2, -0.15) is 0 Å². The second kappa shape index (κ2) is 53.7. The van der Waals surface area contributed by atoms with E-state index in [-0.39, 0.29) is 19.1 Å². The second-order valence-electron chi connectivity index (χ2n) is 20.6. The maximum atomic E-state index is 13.0. The molecule has 0 aliphatic carbocycles. The first kappa shape index (κ1) is 69.9. The Kier molecular flexibility index (Phi) is 51.4. The van der Waals surface area contributed by atoms with Gasteiger partial charge in [-0.15, -0.1) is 0 Å². The Bertz CT molecular complexity index is 1600. The quantitative estimate of drug-likeness (QED) is 0.0243. The molecule has 0 spiro atoms. The molecule has 0 radical (unpaired) electrons. The number of hydrogen-bond donors (Lipinski definition) is 3. The van der Waals surface area contributed by atoms with Crippen molar-refractivity contribution < 1.29 is 32.9 Å². The van der Waals surface area contributed by atoms with Crippen molar-refractivity contribution in [3.05, 3.63) is 122 Å². The Hall–Kier alpha value is -3.10. The number of nitrogens with one attached hydrogen (secondary N) is 1.